The molecule has 4 rings (SSSR count). The minimum Gasteiger partial charge on any atom is -0.323 e. The fourth-order valence-electron chi connectivity index (χ4n) is 3.02. The van der Waals surface area contributed by atoms with Crippen LogP contribution in [-0.2, 0) is 4.79 Å². The molecule has 0 saturated heterocycles. The van der Waals surface area contributed by atoms with Crippen molar-refractivity contribution in [1.29, 1.82) is 0 Å². The van der Waals surface area contributed by atoms with E-state index in [0.29, 0.717) is 10.8 Å². The van der Waals surface area contributed by atoms with Crippen LogP contribution in [0.1, 0.15) is 12.5 Å². The van der Waals surface area contributed by atoms with Crippen molar-refractivity contribution in [2.75, 3.05) is 5.32 Å². The lowest BCUT2D eigenvalue weighted by Crippen LogP contribution is -2.23. The molecule has 0 spiro atoms. The smallest absolute Gasteiger partial charge is 0.237 e. The van der Waals surface area contributed by atoms with Crippen molar-refractivity contribution in [3.8, 4) is 0 Å². The number of hydrogen-bond acceptors (Lipinski definition) is 4. The van der Waals surface area contributed by atoms with Crippen LogP contribution < -0.4 is 5.32 Å². The maximum Gasteiger partial charge on any atom is 0.237 e. The number of fused-ring (bicyclic) bond motifs is 3. The first-order chi connectivity index (χ1) is 13.9. The molecule has 0 fully saturated rings. The van der Waals surface area contributed by atoms with Crippen molar-refractivity contribution in [2.24, 2.45) is 0 Å². The molecule has 0 bridgehead atoms. The van der Waals surface area contributed by atoms with Gasteiger partial charge in [0, 0.05) is 5.39 Å². The minimum atomic E-state index is -1.63. The number of nitrogens with zero attached hydrogens (tertiary/aromatic N) is 3. The highest BCUT2D eigenvalue weighted by Crippen LogP contribution is 2.29. The Hall–Kier alpha value is -3.07. The normalized spacial score (nSPS) is 12.4. The first-order valence-corrected chi connectivity index (χ1v) is 9.59. The van der Waals surface area contributed by atoms with Crippen LogP contribution in [0, 0.1) is 24.4 Å². The standard InChI is InChI=1S/C20H15F3N4OS/c1-10-9-16-25-26-20(27(16)15-6-4-3-5-12(10)15)29-11(2)19(28)24-14-8-7-13(21)17(22)18(14)23/h3-9,11H,1-2H3,(H,24,28)/t11-/m0/s1. The Labute approximate surface area is 167 Å². The Bertz CT molecular complexity index is 1260. The number of thioether (sulfide) groups is 1. The summed E-state index contributed by atoms with van der Waals surface area (Å²) in [7, 11) is 0. The van der Waals surface area contributed by atoms with Gasteiger partial charge in [-0.2, -0.15) is 0 Å². The molecule has 29 heavy (non-hydrogen) atoms. The molecule has 5 nitrogen and oxygen atoms in total. The summed E-state index contributed by atoms with van der Waals surface area (Å²) >= 11 is 1.13. The van der Waals surface area contributed by atoms with E-state index in [4.69, 9.17) is 0 Å². The van der Waals surface area contributed by atoms with Gasteiger partial charge in [0.25, 0.3) is 0 Å². The van der Waals surface area contributed by atoms with Crippen molar-refractivity contribution in [2.45, 2.75) is 24.3 Å². The fourth-order valence-corrected chi connectivity index (χ4v) is 3.89. The maximum absolute atomic E-state index is 13.8. The van der Waals surface area contributed by atoms with Gasteiger partial charge in [0.1, 0.15) is 0 Å². The molecule has 9 heteroatoms. The number of pyridine rings is 1. The number of carbonyl (C=O) groups excluding carboxylic acids is 1. The van der Waals surface area contributed by atoms with Gasteiger partial charge in [-0.3, -0.25) is 9.20 Å². The predicted octanol–water partition coefficient (Wildman–Crippen LogP) is 4.73. The number of halogens is 3. The van der Waals surface area contributed by atoms with Crippen LogP contribution in [-0.4, -0.2) is 25.8 Å². The van der Waals surface area contributed by atoms with Crippen molar-refractivity contribution in [3.05, 3.63) is 65.5 Å². The van der Waals surface area contributed by atoms with Crippen LogP contribution >= 0.6 is 11.8 Å². The van der Waals surface area contributed by atoms with Gasteiger partial charge in [0.05, 0.1) is 16.5 Å². The molecule has 2 aromatic heterocycles. The molecule has 1 atom stereocenters. The molecular weight excluding hydrogens is 401 g/mol. The first kappa shape index (κ1) is 19.3. The summed E-state index contributed by atoms with van der Waals surface area (Å²) in [5.74, 6) is -4.97. The van der Waals surface area contributed by atoms with E-state index in [2.05, 4.69) is 15.5 Å². The van der Waals surface area contributed by atoms with E-state index in [1.165, 1.54) is 0 Å². The quantitative estimate of drug-likeness (QED) is 0.386. The third-order valence-corrected chi connectivity index (χ3v) is 5.56. The van der Waals surface area contributed by atoms with E-state index in [-0.39, 0.29) is 0 Å². The number of aromatic nitrogens is 3. The van der Waals surface area contributed by atoms with E-state index in [0.717, 1.165) is 40.4 Å². The zero-order valence-corrected chi connectivity index (χ0v) is 16.2. The summed E-state index contributed by atoms with van der Waals surface area (Å²) in [6.45, 7) is 3.59. The molecule has 4 aromatic rings. The molecule has 0 aliphatic carbocycles. The number of hydrogen-bond donors (Lipinski definition) is 1. The van der Waals surface area contributed by atoms with E-state index < -0.39 is 34.3 Å². The summed E-state index contributed by atoms with van der Waals surface area (Å²) in [4.78, 5) is 12.5. The van der Waals surface area contributed by atoms with E-state index >= 15 is 0 Å². The van der Waals surface area contributed by atoms with Gasteiger partial charge in [0.2, 0.25) is 5.91 Å². The van der Waals surface area contributed by atoms with Crippen LogP contribution in [0.4, 0.5) is 18.9 Å². The van der Waals surface area contributed by atoms with E-state index in [1.807, 2.05) is 41.7 Å². The summed E-state index contributed by atoms with van der Waals surface area (Å²) in [5, 5.41) is 11.4. The number of amides is 1. The molecule has 1 N–H and O–H groups in total. The predicted molar refractivity (Wildman–Crippen MR) is 105 cm³/mol. The summed E-state index contributed by atoms with van der Waals surface area (Å²) in [6, 6.07) is 11.4. The number of aryl methyl sites for hydroxylation is 1. The Morgan fingerprint density at radius 1 is 1.10 bits per heavy atom. The molecule has 0 unspecified atom stereocenters. The Morgan fingerprint density at radius 3 is 2.66 bits per heavy atom. The highest BCUT2D eigenvalue weighted by molar-refractivity contribution is 8.00. The second-order valence-electron chi connectivity index (χ2n) is 6.49. The third-order valence-electron chi connectivity index (χ3n) is 4.52. The number of anilines is 1. The van der Waals surface area contributed by atoms with Crippen molar-refractivity contribution >= 4 is 39.9 Å². The zero-order valence-electron chi connectivity index (χ0n) is 15.4. The van der Waals surface area contributed by atoms with Gasteiger partial charge < -0.3 is 5.32 Å². The first-order valence-electron chi connectivity index (χ1n) is 8.71. The number of rotatable bonds is 4. The van der Waals surface area contributed by atoms with Crippen LogP contribution in [0.3, 0.4) is 0 Å². The molecule has 0 aliphatic heterocycles. The van der Waals surface area contributed by atoms with Crippen LogP contribution in [0.2, 0.25) is 0 Å². The lowest BCUT2D eigenvalue weighted by Gasteiger charge is -2.13. The number of nitrogens with one attached hydrogen (secondary N) is 1. The second-order valence-corrected chi connectivity index (χ2v) is 7.80. The van der Waals surface area contributed by atoms with Crippen LogP contribution in [0.5, 0.6) is 0 Å². The highest BCUT2D eigenvalue weighted by Gasteiger charge is 2.22. The topological polar surface area (TPSA) is 59.3 Å². The van der Waals surface area contributed by atoms with Crippen molar-refractivity contribution in [1.82, 2.24) is 14.6 Å². The van der Waals surface area contributed by atoms with Gasteiger partial charge in [-0.05, 0) is 43.7 Å². The molecule has 0 radical (unpaired) electrons. The lowest BCUT2D eigenvalue weighted by atomic mass is 10.1. The third kappa shape index (κ3) is 3.42. The zero-order chi connectivity index (χ0) is 20.7. The van der Waals surface area contributed by atoms with E-state index in [1.54, 1.807) is 6.92 Å². The Kier molecular flexibility index (Phi) is 4.91. The van der Waals surface area contributed by atoms with Crippen LogP contribution in [0.15, 0.2) is 47.6 Å². The van der Waals surface area contributed by atoms with Gasteiger partial charge in [-0.25, -0.2) is 13.2 Å². The highest BCUT2D eigenvalue weighted by atomic mass is 32.2. The molecule has 2 heterocycles. The minimum absolute atomic E-state index is 0.423. The molecule has 1 amide bonds. The average molecular weight is 416 g/mol. The van der Waals surface area contributed by atoms with Gasteiger partial charge >= 0.3 is 0 Å². The monoisotopic (exact) mass is 416 g/mol. The largest absolute Gasteiger partial charge is 0.323 e. The van der Waals surface area contributed by atoms with Crippen LogP contribution in [0.25, 0.3) is 16.6 Å². The summed E-state index contributed by atoms with van der Waals surface area (Å²) < 4.78 is 42.1. The second kappa shape index (κ2) is 7.40. The number of para-hydroxylation sites is 1. The summed E-state index contributed by atoms with van der Waals surface area (Å²) in [5.41, 5.74) is 2.17. The lowest BCUT2D eigenvalue weighted by molar-refractivity contribution is -0.115. The molecule has 148 valence electrons. The summed E-state index contributed by atoms with van der Waals surface area (Å²) in [6.07, 6.45) is 0. The average Bonchev–Trinajstić information content (AvgIpc) is 3.11. The number of benzene rings is 2. The van der Waals surface area contributed by atoms with Gasteiger partial charge in [-0.1, -0.05) is 30.0 Å². The van der Waals surface area contributed by atoms with Crippen molar-refractivity contribution < 1.29 is 18.0 Å². The SMILES string of the molecule is Cc1cc2nnc(S[C@@H](C)C(=O)Nc3ccc(F)c(F)c3F)n2c2ccccc12. The van der Waals surface area contributed by atoms with Gasteiger partial charge in [-0.15, -0.1) is 10.2 Å². The Morgan fingerprint density at radius 2 is 1.86 bits per heavy atom. The Balaban J connectivity index is 1.63. The van der Waals surface area contributed by atoms with Crippen molar-refractivity contribution in [3.63, 3.8) is 0 Å². The molecular formula is C20H15F3N4OS. The number of carbonyl (C=O) groups is 1. The molecule has 0 saturated carbocycles. The molecule has 0 aliphatic rings. The fraction of sp³-hybridized carbons (Fsp3) is 0.150. The van der Waals surface area contributed by atoms with Gasteiger partial charge in [0.15, 0.2) is 28.3 Å². The molecule has 2 aromatic carbocycles. The van der Waals surface area contributed by atoms with E-state index in [9.17, 15) is 18.0 Å². The maximum atomic E-state index is 13.8.